The van der Waals surface area contributed by atoms with Crippen LogP contribution in [0.4, 0.5) is 0 Å². The van der Waals surface area contributed by atoms with Gasteiger partial charge in [0.05, 0.1) is 0 Å². The van der Waals surface area contributed by atoms with E-state index in [4.69, 9.17) is 14.2 Å². The third kappa shape index (κ3) is 64.5. The van der Waals surface area contributed by atoms with Crippen molar-refractivity contribution in [2.75, 3.05) is 13.2 Å². The van der Waals surface area contributed by atoms with Gasteiger partial charge in [-0.05, 0) is 77.0 Å². The first-order valence-corrected chi connectivity index (χ1v) is 35.0. The molecule has 0 aromatic carbocycles. The fraction of sp³-hybridized carbons (Fsp3) is 0.875. The van der Waals surface area contributed by atoms with Gasteiger partial charge in [-0.3, -0.25) is 14.4 Å². The van der Waals surface area contributed by atoms with E-state index in [0.29, 0.717) is 19.3 Å². The molecule has 458 valence electrons. The number of allylic oxidation sites excluding steroid dienone is 6. The lowest BCUT2D eigenvalue weighted by molar-refractivity contribution is -0.167. The van der Waals surface area contributed by atoms with Crippen molar-refractivity contribution < 1.29 is 28.6 Å². The number of hydrogen-bond donors (Lipinski definition) is 0. The molecule has 78 heavy (non-hydrogen) atoms. The second-order valence-corrected chi connectivity index (χ2v) is 23.8. The van der Waals surface area contributed by atoms with Gasteiger partial charge in [0.25, 0.3) is 0 Å². The molecule has 1 unspecified atom stereocenters. The van der Waals surface area contributed by atoms with Gasteiger partial charge in [-0.15, -0.1) is 0 Å². The predicted octanol–water partition coefficient (Wildman–Crippen LogP) is 23.9. The van der Waals surface area contributed by atoms with E-state index in [2.05, 4.69) is 57.2 Å². The zero-order valence-corrected chi connectivity index (χ0v) is 52.7. The normalized spacial score (nSPS) is 12.2. The second-order valence-electron chi connectivity index (χ2n) is 23.8. The molecule has 0 bridgehead atoms. The zero-order chi connectivity index (χ0) is 56.4. The monoisotopic (exact) mass is 1100 g/mol. The maximum absolute atomic E-state index is 12.9. The Bertz CT molecular complexity index is 1300. The van der Waals surface area contributed by atoms with E-state index in [1.807, 2.05) is 0 Å². The van der Waals surface area contributed by atoms with Crippen molar-refractivity contribution in [2.45, 2.75) is 393 Å². The number of unbranched alkanes of at least 4 members (excludes halogenated alkanes) is 48. The van der Waals surface area contributed by atoms with Crippen LogP contribution >= 0.6 is 0 Å². The summed E-state index contributed by atoms with van der Waals surface area (Å²) < 4.78 is 17.0. The van der Waals surface area contributed by atoms with Crippen molar-refractivity contribution in [3.05, 3.63) is 36.5 Å². The average Bonchev–Trinajstić information content (AvgIpc) is 3.44. The number of esters is 3. The molecule has 0 aliphatic carbocycles. The second kappa shape index (κ2) is 67.1. The third-order valence-electron chi connectivity index (χ3n) is 15.9. The van der Waals surface area contributed by atoms with Crippen LogP contribution in [0.2, 0.25) is 0 Å². The SMILES string of the molecule is CCCCCCC/C=C\C/C=C\CCCCCCCCCCCC(=O)OC(COC(=O)CCCCCCC/C=C\CCCCCCCC)COC(=O)CCCCCCCCCCCCCCCCCCCCCCCCCC. The van der Waals surface area contributed by atoms with Crippen molar-refractivity contribution in [2.24, 2.45) is 0 Å². The summed E-state index contributed by atoms with van der Waals surface area (Å²) in [7, 11) is 0. The molecule has 0 amide bonds. The third-order valence-corrected chi connectivity index (χ3v) is 15.9. The Morgan fingerprint density at radius 1 is 0.256 bits per heavy atom. The summed E-state index contributed by atoms with van der Waals surface area (Å²) in [5.41, 5.74) is 0. The van der Waals surface area contributed by atoms with Gasteiger partial charge in [-0.2, -0.15) is 0 Å². The molecule has 0 aromatic heterocycles. The van der Waals surface area contributed by atoms with Gasteiger partial charge in [0.2, 0.25) is 0 Å². The molecule has 0 saturated carbocycles. The Labute approximate surface area is 486 Å². The summed E-state index contributed by atoms with van der Waals surface area (Å²) in [6.07, 6.45) is 83.1. The van der Waals surface area contributed by atoms with Crippen molar-refractivity contribution >= 4 is 17.9 Å². The number of hydrogen-bond acceptors (Lipinski definition) is 6. The van der Waals surface area contributed by atoms with Gasteiger partial charge in [0, 0.05) is 19.3 Å². The lowest BCUT2D eigenvalue weighted by Crippen LogP contribution is -2.30. The number of rotatable bonds is 65. The van der Waals surface area contributed by atoms with Crippen LogP contribution in [0.5, 0.6) is 0 Å². The Morgan fingerprint density at radius 2 is 0.462 bits per heavy atom. The average molecular weight is 1100 g/mol. The molecule has 0 heterocycles. The molecule has 0 spiro atoms. The smallest absolute Gasteiger partial charge is 0.306 e. The largest absolute Gasteiger partial charge is 0.462 e. The molecule has 0 aliphatic heterocycles. The highest BCUT2D eigenvalue weighted by molar-refractivity contribution is 5.71. The van der Waals surface area contributed by atoms with Gasteiger partial charge in [-0.1, -0.05) is 327 Å². The predicted molar refractivity (Wildman–Crippen MR) is 339 cm³/mol. The first-order chi connectivity index (χ1) is 38.5. The maximum atomic E-state index is 12.9. The Hall–Kier alpha value is -2.37. The lowest BCUT2D eigenvalue weighted by Gasteiger charge is -2.18. The molecule has 6 nitrogen and oxygen atoms in total. The molecule has 0 aliphatic rings. The van der Waals surface area contributed by atoms with Crippen LogP contribution in [-0.2, 0) is 28.6 Å². The fourth-order valence-electron chi connectivity index (χ4n) is 10.6. The van der Waals surface area contributed by atoms with Crippen molar-refractivity contribution in [3.8, 4) is 0 Å². The number of carbonyl (C=O) groups is 3. The molecule has 0 saturated heterocycles. The van der Waals surface area contributed by atoms with Crippen LogP contribution in [0.3, 0.4) is 0 Å². The van der Waals surface area contributed by atoms with E-state index < -0.39 is 6.10 Å². The van der Waals surface area contributed by atoms with E-state index in [1.165, 1.54) is 276 Å². The highest BCUT2D eigenvalue weighted by Gasteiger charge is 2.19. The molecule has 0 aromatic rings. The van der Waals surface area contributed by atoms with E-state index >= 15 is 0 Å². The molecule has 0 rings (SSSR count). The standard InChI is InChI=1S/C72H134O6/c1-4-7-10-13-16-19-22-25-28-30-32-34-35-36-38-39-41-44-47-50-53-56-59-62-65-71(74)77-68-69(67-76-70(73)64-61-58-55-52-49-46-43-27-24-21-18-15-12-9-6-3)78-72(75)66-63-60-57-54-51-48-45-42-40-37-33-31-29-26-23-20-17-14-11-8-5-2/h23,26-27,31,33,43,69H,4-22,24-25,28-30,32,34-42,44-68H2,1-3H3/b26-23-,33-31-,43-27-. The molecular weight excluding hydrogens is 961 g/mol. The first kappa shape index (κ1) is 75.6. The summed E-state index contributed by atoms with van der Waals surface area (Å²) in [5, 5.41) is 0. The van der Waals surface area contributed by atoms with E-state index in [9.17, 15) is 14.4 Å². The molecule has 0 N–H and O–H groups in total. The quantitative estimate of drug-likeness (QED) is 0.0261. The molecular formula is C72H134O6. The molecule has 0 radical (unpaired) electrons. The molecule has 0 fully saturated rings. The minimum absolute atomic E-state index is 0.0718. The Kier molecular flexibility index (Phi) is 65.1. The number of ether oxygens (including phenoxy) is 3. The highest BCUT2D eigenvalue weighted by Crippen LogP contribution is 2.18. The Morgan fingerprint density at radius 3 is 0.718 bits per heavy atom. The van der Waals surface area contributed by atoms with Gasteiger partial charge in [-0.25, -0.2) is 0 Å². The van der Waals surface area contributed by atoms with Gasteiger partial charge < -0.3 is 14.2 Å². The Balaban J connectivity index is 4.28. The minimum Gasteiger partial charge on any atom is -0.462 e. The van der Waals surface area contributed by atoms with Crippen LogP contribution in [0.25, 0.3) is 0 Å². The van der Waals surface area contributed by atoms with Crippen LogP contribution in [0.15, 0.2) is 36.5 Å². The summed E-state index contributed by atoms with van der Waals surface area (Å²) >= 11 is 0. The first-order valence-electron chi connectivity index (χ1n) is 35.0. The van der Waals surface area contributed by atoms with Crippen molar-refractivity contribution in [1.29, 1.82) is 0 Å². The van der Waals surface area contributed by atoms with Gasteiger partial charge in [0.15, 0.2) is 6.10 Å². The minimum atomic E-state index is -0.777. The van der Waals surface area contributed by atoms with Crippen LogP contribution < -0.4 is 0 Å². The van der Waals surface area contributed by atoms with Crippen LogP contribution in [0.1, 0.15) is 387 Å². The van der Waals surface area contributed by atoms with Crippen molar-refractivity contribution in [3.63, 3.8) is 0 Å². The lowest BCUT2D eigenvalue weighted by atomic mass is 10.0. The van der Waals surface area contributed by atoms with E-state index in [-0.39, 0.29) is 31.1 Å². The maximum Gasteiger partial charge on any atom is 0.306 e. The fourth-order valence-corrected chi connectivity index (χ4v) is 10.6. The zero-order valence-electron chi connectivity index (χ0n) is 52.7. The highest BCUT2D eigenvalue weighted by atomic mass is 16.6. The topological polar surface area (TPSA) is 78.9 Å². The van der Waals surface area contributed by atoms with Crippen LogP contribution in [-0.4, -0.2) is 37.2 Å². The summed E-state index contributed by atoms with van der Waals surface area (Å²) in [4.78, 5) is 38.4. The van der Waals surface area contributed by atoms with Crippen LogP contribution in [0, 0.1) is 0 Å². The summed E-state index contributed by atoms with van der Waals surface area (Å²) in [6.45, 7) is 6.69. The van der Waals surface area contributed by atoms with Crippen molar-refractivity contribution in [1.82, 2.24) is 0 Å². The summed E-state index contributed by atoms with van der Waals surface area (Å²) in [6, 6.07) is 0. The summed E-state index contributed by atoms with van der Waals surface area (Å²) in [5.74, 6) is -0.857. The number of carbonyl (C=O) groups excluding carboxylic acids is 3. The van der Waals surface area contributed by atoms with E-state index in [1.54, 1.807) is 0 Å². The van der Waals surface area contributed by atoms with Gasteiger partial charge in [0.1, 0.15) is 13.2 Å². The van der Waals surface area contributed by atoms with E-state index in [0.717, 1.165) is 70.6 Å². The molecule has 1 atom stereocenters. The van der Waals surface area contributed by atoms with Gasteiger partial charge >= 0.3 is 17.9 Å². The molecule has 6 heteroatoms.